The van der Waals surface area contributed by atoms with Crippen molar-refractivity contribution in [1.29, 1.82) is 0 Å². The topological polar surface area (TPSA) is 49.7 Å². The number of hydrogen-bond acceptors (Lipinski definition) is 4. The van der Waals surface area contributed by atoms with Gasteiger partial charge in [0.25, 0.3) is 0 Å². The van der Waals surface area contributed by atoms with E-state index in [1.807, 2.05) is 35.0 Å². The fraction of sp³-hybridized carbons (Fsp3) is 0.438. The Bertz CT molecular complexity index is 564. The van der Waals surface area contributed by atoms with Crippen LogP contribution in [0, 0.1) is 0 Å². The van der Waals surface area contributed by atoms with Gasteiger partial charge in [0.15, 0.2) is 6.29 Å². The summed E-state index contributed by atoms with van der Waals surface area (Å²) in [5.41, 5.74) is 1.77. The first-order chi connectivity index (χ1) is 10.4. The number of nitrogens with zero attached hydrogens (tertiary/aromatic N) is 1. The SMILES string of the molecule is COCCOCCOCCn1cc(C=O)c2ccccc21. The standard InChI is InChI=1S/C16H21NO4/c1-19-8-9-21-11-10-20-7-6-17-12-14(13-18)15-4-2-3-5-16(15)17/h2-5,12-13H,6-11H2,1H3. The molecule has 0 bridgehead atoms. The minimum Gasteiger partial charge on any atom is -0.382 e. The average molecular weight is 291 g/mol. The number of methoxy groups -OCH3 is 1. The molecule has 2 aromatic rings. The van der Waals surface area contributed by atoms with Gasteiger partial charge in [0.1, 0.15) is 0 Å². The van der Waals surface area contributed by atoms with Crippen molar-refractivity contribution in [2.24, 2.45) is 0 Å². The van der Waals surface area contributed by atoms with E-state index in [1.54, 1.807) is 7.11 Å². The van der Waals surface area contributed by atoms with E-state index in [9.17, 15) is 4.79 Å². The second-order valence-electron chi connectivity index (χ2n) is 4.63. The van der Waals surface area contributed by atoms with Crippen molar-refractivity contribution in [1.82, 2.24) is 4.57 Å². The van der Waals surface area contributed by atoms with E-state index >= 15 is 0 Å². The van der Waals surface area contributed by atoms with Gasteiger partial charge in [-0.2, -0.15) is 0 Å². The zero-order valence-corrected chi connectivity index (χ0v) is 12.3. The Morgan fingerprint density at radius 3 is 2.52 bits per heavy atom. The zero-order chi connectivity index (χ0) is 14.9. The summed E-state index contributed by atoms with van der Waals surface area (Å²) >= 11 is 0. The maximum atomic E-state index is 11.1. The summed E-state index contributed by atoms with van der Waals surface area (Å²) in [6.07, 6.45) is 2.76. The highest BCUT2D eigenvalue weighted by Gasteiger charge is 2.06. The first kappa shape index (κ1) is 15.7. The first-order valence-corrected chi connectivity index (χ1v) is 7.04. The molecule has 0 atom stereocenters. The van der Waals surface area contributed by atoms with E-state index in [-0.39, 0.29) is 0 Å². The molecule has 21 heavy (non-hydrogen) atoms. The second kappa shape index (κ2) is 8.56. The number of carbonyl (C=O) groups is 1. The van der Waals surface area contributed by atoms with Crippen LogP contribution < -0.4 is 0 Å². The first-order valence-electron chi connectivity index (χ1n) is 7.04. The number of fused-ring (bicyclic) bond motifs is 1. The van der Waals surface area contributed by atoms with Gasteiger partial charge >= 0.3 is 0 Å². The maximum Gasteiger partial charge on any atom is 0.152 e. The Morgan fingerprint density at radius 1 is 1.05 bits per heavy atom. The molecule has 114 valence electrons. The monoisotopic (exact) mass is 291 g/mol. The predicted molar refractivity (Wildman–Crippen MR) is 80.8 cm³/mol. The highest BCUT2D eigenvalue weighted by molar-refractivity contribution is 5.97. The van der Waals surface area contributed by atoms with Gasteiger partial charge in [0, 0.05) is 36.3 Å². The van der Waals surface area contributed by atoms with Crippen LogP contribution in [0.1, 0.15) is 10.4 Å². The van der Waals surface area contributed by atoms with Crippen LogP contribution in [0.25, 0.3) is 10.9 Å². The van der Waals surface area contributed by atoms with Crippen LogP contribution in [0.3, 0.4) is 0 Å². The van der Waals surface area contributed by atoms with Gasteiger partial charge in [-0.05, 0) is 6.07 Å². The summed E-state index contributed by atoms with van der Waals surface area (Å²) in [6, 6.07) is 7.88. The molecule has 0 amide bonds. The van der Waals surface area contributed by atoms with Crippen molar-refractivity contribution >= 4 is 17.2 Å². The molecule has 0 spiro atoms. The molecule has 0 saturated heterocycles. The molecule has 1 aromatic heterocycles. The summed E-state index contributed by atoms with van der Waals surface area (Å²) in [7, 11) is 1.65. The molecule has 2 rings (SSSR count). The van der Waals surface area contributed by atoms with Gasteiger partial charge in [-0.1, -0.05) is 18.2 Å². The second-order valence-corrected chi connectivity index (χ2v) is 4.63. The predicted octanol–water partition coefficient (Wildman–Crippen LogP) is 2.13. The lowest BCUT2D eigenvalue weighted by atomic mass is 10.2. The molecule has 5 nitrogen and oxygen atoms in total. The molecule has 1 heterocycles. The number of hydrogen-bond donors (Lipinski definition) is 0. The average Bonchev–Trinajstić information content (AvgIpc) is 2.88. The third-order valence-corrected chi connectivity index (χ3v) is 3.23. The number of rotatable bonds is 10. The Kier molecular flexibility index (Phi) is 6.40. The van der Waals surface area contributed by atoms with Crippen molar-refractivity contribution in [3.63, 3.8) is 0 Å². The Balaban J connectivity index is 1.77. The van der Waals surface area contributed by atoms with Crippen LogP contribution in [-0.4, -0.2) is 51.0 Å². The third kappa shape index (κ3) is 4.39. The largest absolute Gasteiger partial charge is 0.382 e. The van der Waals surface area contributed by atoms with E-state index in [2.05, 4.69) is 0 Å². The van der Waals surface area contributed by atoms with Crippen LogP contribution >= 0.6 is 0 Å². The smallest absolute Gasteiger partial charge is 0.152 e. The fourth-order valence-corrected chi connectivity index (χ4v) is 2.18. The van der Waals surface area contributed by atoms with Crippen molar-refractivity contribution in [3.05, 3.63) is 36.0 Å². The Morgan fingerprint density at radius 2 is 1.76 bits per heavy atom. The van der Waals surface area contributed by atoms with E-state index in [4.69, 9.17) is 14.2 Å². The van der Waals surface area contributed by atoms with E-state index in [1.165, 1.54) is 0 Å². The van der Waals surface area contributed by atoms with E-state index in [0.717, 1.165) is 17.2 Å². The molecule has 0 aliphatic rings. The summed E-state index contributed by atoms with van der Waals surface area (Å²) in [5, 5.41) is 0.982. The van der Waals surface area contributed by atoms with Crippen LogP contribution in [-0.2, 0) is 20.8 Å². The summed E-state index contributed by atoms with van der Waals surface area (Å²) in [4.78, 5) is 11.1. The summed E-state index contributed by atoms with van der Waals surface area (Å²) in [6.45, 7) is 3.62. The van der Waals surface area contributed by atoms with Crippen LogP contribution in [0.2, 0.25) is 0 Å². The number of para-hydroxylation sites is 1. The summed E-state index contributed by atoms with van der Waals surface area (Å²) in [5.74, 6) is 0. The van der Waals surface area contributed by atoms with Gasteiger partial charge in [0.2, 0.25) is 0 Å². The van der Waals surface area contributed by atoms with Crippen molar-refractivity contribution in [2.75, 3.05) is 40.1 Å². The molecule has 0 unspecified atom stereocenters. The van der Waals surface area contributed by atoms with Crippen LogP contribution in [0.4, 0.5) is 0 Å². The number of aromatic nitrogens is 1. The lowest BCUT2D eigenvalue weighted by Crippen LogP contribution is -2.11. The van der Waals surface area contributed by atoms with Crippen molar-refractivity contribution in [3.8, 4) is 0 Å². The molecule has 0 radical (unpaired) electrons. The molecule has 0 aliphatic heterocycles. The minimum atomic E-state index is 0.559. The molecule has 5 heteroatoms. The molecular formula is C16H21NO4. The molecule has 0 fully saturated rings. The minimum absolute atomic E-state index is 0.559. The van der Waals surface area contributed by atoms with Gasteiger partial charge in [-0.15, -0.1) is 0 Å². The van der Waals surface area contributed by atoms with Gasteiger partial charge < -0.3 is 18.8 Å². The maximum absolute atomic E-state index is 11.1. The molecular weight excluding hydrogens is 270 g/mol. The Hall–Kier alpha value is -1.69. The highest BCUT2D eigenvalue weighted by Crippen LogP contribution is 2.19. The lowest BCUT2D eigenvalue weighted by molar-refractivity contribution is 0.0232. The van der Waals surface area contributed by atoms with Crippen LogP contribution in [0.15, 0.2) is 30.5 Å². The van der Waals surface area contributed by atoms with E-state index < -0.39 is 0 Å². The normalized spacial score (nSPS) is 11.1. The molecule has 0 aliphatic carbocycles. The highest BCUT2D eigenvalue weighted by atomic mass is 16.5. The number of benzene rings is 1. The molecule has 0 N–H and O–H groups in total. The van der Waals surface area contributed by atoms with Crippen molar-refractivity contribution < 1.29 is 19.0 Å². The van der Waals surface area contributed by atoms with Gasteiger partial charge in [-0.3, -0.25) is 4.79 Å². The van der Waals surface area contributed by atoms with Gasteiger partial charge in [0.05, 0.1) is 33.0 Å². The number of aldehydes is 1. The van der Waals surface area contributed by atoms with Crippen LogP contribution in [0.5, 0.6) is 0 Å². The zero-order valence-electron chi connectivity index (χ0n) is 12.3. The van der Waals surface area contributed by atoms with E-state index in [0.29, 0.717) is 45.1 Å². The fourth-order valence-electron chi connectivity index (χ4n) is 2.18. The van der Waals surface area contributed by atoms with Gasteiger partial charge in [-0.25, -0.2) is 0 Å². The number of ether oxygens (including phenoxy) is 3. The molecule has 1 aromatic carbocycles. The molecule has 0 saturated carbocycles. The Labute approximate surface area is 124 Å². The third-order valence-electron chi connectivity index (χ3n) is 3.23. The quantitative estimate of drug-likeness (QED) is 0.497. The number of carbonyl (C=O) groups excluding carboxylic acids is 1. The lowest BCUT2D eigenvalue weighted by Gasteiger charge is -2.07. The summed E-state index contributed by atoms with van der Waals surface area (Å²) < 4.78 is 17.8. The van der Waals surface area contributed by atoms with Crippen molar-refractivity contribution in [2.45, 2.75) is 6.54 Å².